The number of benzene rings is 1. The van der Waals surface area contributed by atoms with Gasteiger partial charge in [-0.25, -0.2) is 0 Å². The largest absolute Gasteiger partial charge is 0.370 e. The third kappa shape index (κ3) is 5.18. The lowest BCUT2D eigenvalue weighted by molar-refractivity contribution is -0.127. The molecule has 2 aromatic rings. The van der Waals surface area contributed by atoms with Crippen molar-refractivity contribution < 1.29 is 9.59 Å². The van der Waals surface area contributed by atoms with Gasteiger partial charge >= 0.3 is 0 Å². The van der Waals surface area contributed by atoms with Crippen LogP contribution in [0.25, 0.3) is 6.08 Å². The predicted octanol–water partition coefficient (Wildman–Crippen LogP) is 2.67. The molecule has 1 aromatic carbocycles. The minimum Gasteiger partial charge on any atom is -0.370 e. The summed E-state index contributed by atoms with van der Waals surface area (Å²) >= 11 is 1.58. The van der Waals surface area contributed by atoms with Crippen LogP contribution in [0.4, 0.5) is 0 Å². The van der Waals surface area contributed by atoms with E-state index in [0.29, 0.717) is 13.1 Å². The highest BCUT2D eigenvalue weighted by molar-refractivity contribution is 7.08. The van der Waals surface area contributed by atoms with Gasteiger partial charge in [0.05, 0.1) is 0 Å². The summed E-state index contributed by atoms with van der Waals surface area (Å²) < 4.78 is 0. The molecule has 0 aliphatic heterocycles. The van der Waals surface area contributed by atoms with E-state index in [4.69, 9.17) is 5.73 Å². The summed E-state index contributed by atoms with van der Waals surface area (Å²) in [5.74, 6) is -0.538. The first kappa shape index (κ1) is 16.0. The molecule has 0 saturated carbocycles. The van der Waals surface area contributed by atoms with E-state index >= 15 is 0 Å². The number of rotatable bonds is 7. The summed E-state index contributed by atoms with van der Waals surface area (Å²) in [5.41, 5.74) is 7.20. The van der Waals surface area contributed by atoms with Crippen molar-refractivity contribution in [2.24, 2.45) is 5.73 Å². The van der Waals surface area contributed by atoms with Crippen LogP contribution in [0.2, 0.25) is 0 Å². The molecule has 1 aromatic heterocycles. The summed E-state index contributed by atoms with van der Waals surface area (Å²) in [6.45, 7) is 0.776. The van der Waals surface area contributed by atoms with E-state index in [1.165, 1.54) is 6.08 Å². The number of amides is 2. The Morgan fingerprint density at radius 3 is 2.59 bits per heavy atom. The summed E-state index contributed by atoms with van der Waals surface area (Å²) in [6.07, 6.45) is 3.47. The number of thiophene rings is 1. The molecule has 22 heavy (non-hydrogen) atoms. The van der Waals surface area contributed by atoms with Crippen molar-refractivity contribution in [3.8, 4) is 0 Å². The molecule has 0 unspecified atom stereocenters. The molecule has 0 fully saturated rings. The molecule has 0 bridgehead atoms. The standard InChI is InChI=1S/C17H18N2O2S/c18-16(20)8-10-19(12-14-4-2-1-3-5-14)17(21)7-6-15-9-11-22-13-15/h1-7,9,11,13H,8,10,12H2,(H2,18,20)/b7-6-. The normalized spacial score (nSPS) is 10.7. The number of nitrogens with two attached hydrogens (primary N) is 1. The Hall–Kier alpha value is -2.40. The van der Waals surface area contributed by atoms with E-state index in [2.05, 4.69) is 0 Å². The van der Waals surface area contributed by atoms with Crippen LogP contribution >= 0.6 is 11.3 Å². The number of nitrogens with zero attached hydrogens (tertiary/aromatic N) is 1. The molecule has 0 aliphatic carbocycles. The van der Waals surface area contributed by atoms with Crippen LogP contribution in [-0.4, -0.2) is 23.3 Å². The maximum absolute atomic E-state index is 12.3. The van der Waals surface area contributed by atoms with E-state index in [-0.39, 0.29) is 12.3 Å². The van der Waals surface area contributed by atoms with Crippen LogP contribution in [-0.2, 0) is 16.1 Å². The lowest BCUT2D eigenvalue weighted by atomic mass is 10.2. The van der Waals surface area contributed by atoms with Gasteiger partial charge in [0, 0.05) is 25.6 Å². The summed E-state index contributed by atoms with van der Waals surface area (Å²) in [4.78, 5) is 25.0. The monoisotopic (exact) mass is 314 g/mol. The van der Waals surface area contributed by atoms with Crippen molar-refractivity contribution in [1.82, 2.24) is 4.90 Å². The molecule has 0 saturated heterocycles. The predicted molar refractivity (Wildman–Crippen MR) is 89.0 cm³/mol. The minimum absolute atomic E-state index is 0.128. The van der Waals surface area contributed by atoms with Gasteiger partial charge in [0.15, 0.2) is 0 Å². The summed E-state index contributed by atoms with van der Waals surface area (Å²) in [5, 5.41) is 3.92. The number of carbonyl (C=O) groups excluding carboxylic acids is 2. The molecule has 0 spiro atoms. The van der Waals surface area contributed by atoms with Gasteiger partial charge < -0.3 is 10.6 Å². The fourth-order valence-corrected chi connectivity index (χ4v) is 2.59. The van der Waals surface area contributed by atoms with Crippen LogP contribution in [0.5, 0.6) is 0 Å². The number of carbonyl (C=O) groups is 2. The Morgan fingerprint density at radius 1 is 1.18 bits per heavy atom. The lowest BCUT2D eigenvalue weighted by Crippen LogP contribution is -2.32. The quantitative estimate of drug-likeness (QED) is 0.799. The highest BCUT2D eigenvalue weighted by atomic mass is 32.1. The lowest BCUT2D eigenvalue weighted by Gasteiger charge is -2.20. The molecule has 1 heterocycles. The van der Waals surface area contributed by atoms with Crippen molar-refractivity contribution in [3.05, 3.63) is 64.4 Å². The molecule has 2 amide bonds. The van der Waals surface area contributed by atoms with Gasteiger partial charge in [0.25, 0.3) is 0 Å². The molecule has 114 valence electrons. The molecule has 4 nitrogen and oxygen atoms in total. The smallest absolute Gasteiger partial charge is 0.246 e. The first-order valence-corrected chi connectivity index (χ1v) is 7.91. The third-order valence-electron chi connectivity index (χ3n) is 3.12. The average molecular weight is 314 g/mol. The van der Waals surface area contributed by atoms with Gasteiger partial charge in [0.1, 0.15) is 0 Å². The SMILES string of the molecule is NC(=O)CCN(Cc1ccccc1)C(=O)/C=C\c1ccsc1. The second kappa shape index (κ2) is 8.14. The van der Waals surface area contributed by atoms with Gasteiger partial charge in [-0.1, -0.05) is 30.3 Å². The van der Waals surface area contributed by atoms with Crippen molar-refractivity contribution in [1.29, 1.82) is 0 Å². The maximum atomic E-state index is 12.3. The van der Waals surface area contributed by atoms with Gasteiger partial charge in [-0.15, -0.1) is 0 Å². The number of hydrogen-bond donors (Lipinski definition) is 1. The molecular formula is C17H18N2O2S. The molecule has 5 heteroatoms. The molecular weight excluding hydrogens is 296 g/mol. The second-order valence-electron chi connectivity index (χ2n) is 4.85. The van der Waals surface area contributed by atoms with E-state index in [1.54, 1.807) is 22.3 Å². The zero-order valence-electron chi connectivity index (χ0n) is 12.1. The Morgan fingerprint density at radius 2 is 1.95 bits per heavy atom. The zero-order valence-corrected chi connectivity index (χ0v) is 13.0. The van der Waals surface area contributed by atoms with Gasteiger partial charge in [-0.3, -0.25) is 9.59 Å². The minimum atomic E-state index is -0.410. The van der Waals surface area contributed by atoms with Crippen molar-refractivity contribution in [2.75, 3.05) is 6.54 Å². The van der Waals surface area contributed by atoms with Gasteiger partial charge in [-0.05, 0) is 34.0 Å². The highest BCUT2D eigenvalue weighted by Gasteiger charge is 2.12. The number of hydrogen-bond acceptors (Lipinski definition) is 3. The second-order valence-corrected chi connectivity index (χ2v) is 5.63. The van der Waals surface area contributed by atoms with Crippen molar-refractivity contribution in [3.63, 3.8) is 0 Å². The maximum Gasteiger partial charge on any atom is 0.246 e. The zero-order chi connectivity index (χ0) is 15.8. The third-order valence-corrected chi connectivity index (χ3v) is 3.82. The van der Waals surface area contributed by atoms with E-state index in [1.807, 2.05) is 47.2 Å². The van der Waals surface area contributed by atoms with E-state index in [0.717, 1.165) is 11.1 Å². The van der Waals surface area contributed by atoms with E-state index in [9.17, 15) is 9.59 Å². The van der Waals surface area contributed by atoms with Crippen LogP contribution in [0, 0.1) is 0 Å². The van der Waals surface area contributed by atoms with Crippen LogP contribution in [0.15, 0.2) is 53.2 Å². The fourth-order valence-electron chi connectivity index (χ4n) is 1.96. The Balaban J connectivity index is 2.05. The fraction of sp³-hybridized carbons (Fsp3) is 0.176. The van der Waals surface area contributed by atoms with Crippen LogP contribution in [0.1, 0.15) is 17.5 Å². The Kier molecular flexibility index (Phi) is 5.91. The first-order valence-electron chi connectivity index (χ1n) is 6.96. The van der Waals surface area contributed by atoms with Crippen LogP contribution in [0.3, 0.4) is 0 Å². The molecule has 2 N–H and O–H groups in total. The van der Waals surface area contributed by atoms with Crippen molar-refractivity contribution in [2.45, 2.75) is 13.0 Å². The van der Waals surface area contributed by atoms with Gasteiger partial charge in [0.2, 0.25) is 11.8 Å². The number of primary amides is 1. The van der Waals surface area contributed by atoms with Crippen LogP contribution < -0.4 is 5.73 Å². The molecule has 0 atom stereocenters. The Labute approximate surface area is 133 Å². The molecule has 0 radical (unpaired) electrons. The average Bonchev–Trinajstić information content (AvgIpc) is 3.03. The Bertz CT molecular complexity index is 636. The molecule has 2 rings (SSSR count). The topological polar surface area (TPSA) is 63.4 Å². The summed E-state index contributed by atoms with van der Waals surface area (Å²) in [7, 11) is 0. The first-order chi connectivity index (χ1) is 10.6. The molecule has 0 aliphatic rings. The highest BCUT2D eigenvalue weighted by Crippen LogP contribution is 2.10. The van der Waals surface area contributed by atoms with Crippen molar-refractivity contribution >= 4 is 29.2 Å². The van der Waals surface area contributed by atoms with Gasteiger partial charge in [-0.2, -0.15) is 11.3 Å². The summed E-state index contributed by atoms with van der Waals surface area (Å²) in [6, 6.07) is 11.6. The van der Waals surface area contributed by atoms with E-state index < -0.39 is 5.91 Å².